The first-order chi connectivity index (χ1) is 8.70. The lowest BCUT2D eigenvalue weighted by Crippen LogP contribution is -2.37. The quantitative estimate of drug-likeness (QED) is 0.834. The second-order valence-corrected chi connectivity index (χ2v) is 5.09. The van der Waals surface area contributed by atoms with E-state index in [9.17, 15) is 9.59 Å². The van der Waals surface area contributed by atoms with Crippen molar-refractivity contribution in [2.45, 2.75) is 20.8 Å². The summed E-state index contributed by atoms with van der Waals surface area (Å²) in [6.07, 6.45) is 0. The summed E-state index contributed by atoms with van der Waals surface area (Å²) in [6.45, 7) is 4.44. The Morgan fingerprint density at radius 3 is 2.42 bits per heavy atom. The van der Waals surface area contributed by atoms with E-state index < -0.39 is 17.3 Å². The number of halogens is 1. The minimum absolute atomic E-state index is 0.380. The van der Waals surface area contributed by atoms with Gasteiger partial charge in [-0.05, 0) is 32.4 Å². The summed E-state index contributed by atoms with van der Waals surface area (Å²) in [5.41, 5.74) is -0.381. The average Bonchev–Trinajstić information content (AvgIpc) is 2.33. The molecule has 0 aliphatic carbocycles. The number of ether oxygens (including phenoxy) is 1. The highest BCUT2D eigenvalue weighted by atomic mass is 35.5. The Hall–Kier alpha value is -1.75. The van der Waals surface area contributed by atoms with Crippen molar-refractivity contribution < 1.29 is 19.4 Å². The molecule has 6 heteroatoms. The van der Waals surface area contributed by atoms with Crippen LogP contribution in [0.1, 0.15) is 19.4 Å². The third-order valence-electron chi connectivity index (χ3n) is 2.83. The normalized spacial score (nSPS) is 11.0. The number of amides is 1. The molecule has 1 amide bonds. The molecular formula is C13H16ClNO4. The Morgan fingerprint density at radius 1 is 1.37 bits per heavy atom. The first-order valence-corrected chi connectivity index (χ1v) is 5.97. The van der Waals surface area contributed by atoms with Crippen LogP contribution < -0.4 is 10.1 Å². The standard InChI is InChI=1S/C13H16ClNO4/c1-7-5-9(10(19-4)6-8(7)14)15-11(16)13(2,3)12(17)18/h5-6H,1-4H3,(H,15,16)(H,17,18). The van der Waals surface area contributed by atoms with E-state index in [0.717, 1.165) is 5.56 Å². The average molecular weight is 286 g/mol. The molecule has 0 unspecified atom stereocenters. The molecule has 0 heterocycles. The fraction of sp³-hybridized carbons (Fsp3) is 0.385. The minimum atomic E-state index is -1.53. The van der Waals surface area contributed by atoms with Crippen LogP contribution in [0.15, 0.2) is 12.1 Å². The number of carboxylic acid groups (broad SMARTS) is 1. The van der Waals surface area contributed by atoms with Crippen LogP contribution in [-0.4, -0.2) is 24.1 Å². The molecule has 19 heavy (non-hydrogen) atoms. The van der Waals surface area contributed by atoms with Crippen molar-refractivity contribution in [2.24, 2.45) is 5.41 Å². The predicted octanol–water partition coefficient (Wildman–Crippen LogP) is 2.71. The molecule has 0 spiro atoms. The Bertz CT molecular complexity index is 526. The molecule has 1 aromatic rings. The van der Waals surface area contributed by atoms with Gasteiger partial charge in [-0.3, -0.25) is 9.59 Å². The number of carbonyl (C=O) groups excluding carboxylic acids is 1. The molecule has 0 saturated carbocycles. The minimum Gasteiger partial charge on any atom is -0.495 e. The van der Waals surface area contributed by atoms with Crippen molar-refractivity contribution in [1.29, 1.82) is 0 Å². The van der Waals surface area contributed by atoms with Gasteiger partial charge in [-0.1, -0.05) is 11.6 Å². The Kier molecular flexibility index (Phi) is 4.42. The third kappa shape index (κ3) is 3.17. The largest absolute Gasteiger partial charge is 0.495 e. The maximum atomic E-state index is 12.0. The first kappa shape index (κ1) is 15.3. The molecule has 0 atom stereocenters. The highest BCUT2D eigenvalue weighted by molar-refractivity contribution is 6.31. The van der Waals surface area contributed by atoms with Crippen LogP contribution in [0.2, 0.25) is 5.02 Å². The molecule has 0 radical (unpaired) electrons. The van der Waals surface area contributed by atoms with E-state index in [1.165, 1.54) is 21.0 Å². The summed E-state index contributed by atoms with van der Waals surface area (Å²) in [4.78, 5) is 23.0. The molecule has 1 aromatic carbocycles. The molecule has 2 N–H and O–H groups in total. The number of rotatable bonds is 4. The number of benzene rings is 1. The molecule has 0 saturated heterocycles. The number of hydrogen-bond donors (Lipinski definition) is 2. The van der Waals surface area contributed by atoms with Gasteiger partial charge < -0.3 is 15.2 Å². The van der Waals surface area contributed by atoms with E-state index in [2.05, 4.69) is 5.32 Å². The van der Waals surface area contributed by atoms with Gasteiger partial charge in [0, 0.05) is 11.1 Å². The lowest BCUT2D eigenvalue weighted by molar-refractivity contribution is -0.151. The van der Waals surface area contributed by atoms with Crippen LogP contribution in [-0.2, 0) is 9.59 Å². The van der Waals surface area contributed by atoms with Gasteiger partial charge in [0.05, 0.1) is 12.8 Å². The van der Waals surface area contributed by atoms with E-state index in [1.54, 1.807) is 19.1 Å². The van der Waals surface area contributed by atoms with Gasteiger partial charge in [0.15, 0.2) is 0 Å². The predicted molar refractivity (Wildman–Crippen MR) is 72.8 cm³/mol. The number of anilines is 1. The van der Waals surface area contributed by atoms with Crippen LogP contribution in [0.25, 0.3) is 0 Å². The van der Waals surface area contributed by atoms with E-state index in [1.807, 2.05) is 0 Å². The van der Waals surface area contributed by atoms with Crippen LogP contribution >= 0.6 is 11.6 Å². The molecular weight excluding hydrogens is 270 g/mol. The van der Waals surface area contributed by atoms with Crippen LogP contribution in [0, 0.1) is 12.3 Å². The van der Waals surface area contributed by atoms with Gasteiger partial charge in [0.2, 0.25) is 5.91 Å². The molecule has 0 fully saturated rings. The Labute approximate surface area is 116 Å². The Balaban J connectivity index is 3.10. The number of nitrogens with one attached hydrogen (secondary N) is 1. The van der Waals surface area contributed by atoms with Gasteiger partial charge in [-0.15, -0.1) is 0 Å². The van der Waals surface area contributed by atoms with E-state index >= 15 is 0 Å². The highest BCUT2D eigenvalue weighted by Crippen LogP contribution is 2.32. The third-order valence-corrected chi connectivity index (χ3v) is 3.24. The Morgan fingerprint density at radius 2 is 1.95 bits per heavy atom. The first-order valence-electron chi connectivity index (χ1n) is 5.59. The zero-order valence-electron chi connectivity index (χ0n) is 11.2. The maximum Gasteiger partial charge on any atom is 0.318 e. The SMILES string of the molecule is COc1cc(Cl)c(C)cc1NC(=O)C(C)(C)C(=O)O. The number of aliphatic carboxylic acids is 1. The summed E-state index contributed by atoms with van der Waals surface area (Å²) in [6, 6.07) is 3.21. The second kappa shape index (κ2) is 5.48. The fourth-order valence-electron chi connectivity index (χ4n) is 1.31. The highest BCUT2D eigenvalue weighted by Gasteiger charge is 2.36. The van der Waals surface area contributed by atoms with Gasteiger partial charge in [0.25, 0.3) is 0 Å². The van der Waals surface area contributed by atoms with E-state index in [0.29, 0.717) is 16.5 Å². The molecule has 104 valence electrons. The van der Waals surface area contributed by atoms with Gasteiger partial charge in [-0.25, -0.2) is 0 Å². The second-order valence-electron chi connectivity index (χ2n) is 4.69. The van der Waals surface area contributed by atoms with Crippen LogP contribution in [0.3, 0.4) is 0 Å². The molecule has 0 aliphatic rings. The van der Waals surface area contributed by atoms with Crippen molar-refractivity contribution >= 4 is 29.2 Å². The van der Waals surface area contributed by atoms with Crippen LogP contribution in [0.4, 0.5) is 5.69 Å². The smallest absolute Gasteiger partial charge is 0.318 e. The zero-order chi connectivity index (χ0) is 14.8. The molecule has 0 aromatic heterocycles. The number of carboxylic acids is 1. The van der Waals surface area contributed by atoms with Crippen LogP contribution in [0.5, 0.6) is 5.75 Å². The number of aryl methyl sites for hydroxylation is 1. The number of hydrogen-bond acceptors (Lipinski definition) is 3. The zero-order valence-corrected chi connectivity index (χ0v) is 12.0. The lowest BCUT2D eigenvalue weighted by Gasteiger charge is -2.20. The number of carbonyl (C=O) groups is 2. The molecule has 0 bridgehead atoms. The van der Waals surface area contributed by atoms with Crippen molar-refractivity contribution in [3.8, 4) is 5.75 Å². The molecule has 5 nitrogen and oxygen atoms in total. The monoisotopic (exact) mass is 285 g/mol. The van der Waals surface area contributed by atoms with Gasteiger partial charge >= 0.3 is 5.97 Å². The summed E-state index contributed by atoms with van der Waals surface area (Å²) in [5, 5.41) is 12.1. The summed E-state index contributed by atoms with van der Waals surface area (Å²) in [7, 11) is 1.44. The molecule has 1 rings (SSSR count). The van der Waals surface area contributed by atoms with Crippen molar-refractivity contribution in [3.05, 3.63) is 22.7 Å². The summed E-state index contributed by atoms with van der Waals surface area (Å²) in [5.74, 6) is -1.44. The lowest BCUT2D eigenvalue weighted by atomic mass is 9.92. The van der Waals surface area contributed by atoms with Gasteiger partial charge in [0.1, 0.15) is 11.2 Å². The topological polar surface area (TPSA) is 75.6 Å². The molecule has 0 aliphatic heterocycles. The van der Waals surface area contributed by atoms with Crippen molar-refractivity contribution in [3.63, 3.8) is 0 Å². The van der Waals surface area contributed by atoms with Gasteiger partial charge in [-0.2, -0.15) is 0 Å². The van der Waals surface area contributed by atoms with Crippen molar-refractivity contribution in [2.75, 3.05) is 12.4 Å². The van der Waals surface area contributed by atoms with Crippen molar-refractivity contribution in [1.82, 2.24) is 0 Å². The summed E-state index contributed by atoms with van der Waals surface area (Å²) < 4.78 is 5.11. The fourth-order valence-corrected chi connectivity index (χ4v) is 1.46. The van der Waals surface area contributed by atoms with E-state index in [4.69, 9.17) is 21.4 Å². The van der Waals surface area contributed by atoms with E-state index in [-0.39, 0.29) is 0 Å². The number of methoxy groups -OCH3 is 1. The summed E-state index contributed by atoms with van der Waals surface area (Å²) >= 11 is 5.95. The maximum absolute atomic E-state index is 12.0.